The number of hydrogen-bond donors (Lipinski definition) is 0. The summed E-state index contributed by atoms with van der Waals surface area (Å²) in [6.07, 6.45) is 4.36. The first-order chi connectivity index (χ1) is 7.37. The average Bonchev–Trinajstić information content (AvgIpc) is 2.11. The van der Waals surface area contributed by atoms with Crippen molar-refractivity contribution in [2.75, 3.05) is 6.61 Å². The van der Waals surface area contributed by atoms with Crippen molar-refractivity contribution in [3.05, 3.63) is 0 Å². The molecule has 3 heteroatoms. The number of ether oxygens (including phenoxy) is 2. The third-order valence-electron chi connectivity index (χ3n) is 2.99. The van der Waals surface area contributed by atoms with Gasteiger partial charge in [0.25, 0.3) is 0 Å². The molecule has 0 amide bonds. The summed E-state index contributed by atoms with van der Waals surface area (Å²) in [6.45, 7) is 8.69. The molecule has 0 radical (unpaired) electrons. The van der Waals surface area contributed by atoms with E-state index in [0.29, 0.717) is 13.0 Å². The van der Waals surface area contributed by atoms with E-state index in [2.05, 4.69) is 13.8 Å². The lowest BCUT2D eigenvalue weighted by Crippen LogP contribution is -2.44. The predicted octanol–water partition coefficient (Wildman–Crippen LogP) is 3.07. The fourth-order valence-corrected chi connectivity index (χ4v) is 2.35. The Labute approximate surface area is 98.5 Å². The number of esters is 1. The van der Waals surface area contributed by atoms with Gasteiger partial charge in [0.2, 0.25) is 0 Å². The van der Waals surface area contributed by atoms with Gasteiger partial charge < -0.3 is 9.47 Å². The van der Waals surface area contributed by atoms with E-state index < -0.39 is 0 Å². The molecule has 3 nitrogen and oxygen atoms in total. The van der Waals surface area contributed by atoms with Crippen LogP contribution in [0.25, 0.3) is 0 Å². The van der Waals surface area contributed by atoms with Gasteiger partial charge in [-0.05, 0) is 46.5 Å². The average molecular weight is 228 g/mol. The first kappa shape index (κ1) is 13.5. The third kappa shape index (κ3) is 4.12. The normalized spacial score (nSPS) is 28.8. The summed E-state index contributed by atoms with van der Waals surface area (Å²) in [5.74, 6) is -0.137. The quantitative estimate of drug-likeness (QED) is 0.694. The minimum absolute atomic E-state index is 0.113. The van der Waals surface area contributed by atoms with E-state index in [9.17, 15) is 4.79 Å². The third-order valence-corrected chi connectivity index (χ3v) is 2.99. The Bertz CT molecular complexity index is 248. The molecule has 0 N–H and O–H groups in total. The highest BCUT2D eigenvalue weighted by atomic mass is 16.5. The SMILES string of the molecule is CCCOC(=O)CC1(C)CCCC(C)(C)O1. The van der Waals surface area contributed by atoms with Crippen molar-refractivity contribution in [1.29, 1.82) is 0 Å². The second-order valence-electron chi connectivity index (χ2n) is 5.56. The van der Waals surface area contributed by atoms with Crippen molar-refractivity contribution in [2.24, 2.45) is 0 Å². The fourth-order valence-electron chi connectivity index (χ4n) is 2.35. The van der Waals surface area contributed by atoms with E-state index in [4.69, 9.17) is 9.47 Å². The van der Waals surface area contributed by atoms with Crippen LogP contribution in [0.3, 0.4) is 0 Å². The smallest absolute Gasteiger partial charge is 0.308 e. The topological polar surface area (TPSA) is 35.5 Å². The number of carbonyl (C=O) groups excluding carboxylic acids is 1. The molecule has 1 heterocycles. The van der Waals surface area contributed by atoms with Gasteiger partial charge in [0.05, 0.1) is 24.2 Å². The highest BCUT2D eigenvalue weighted by molar-refractivity contribution is 5.70. The van der Waals surface area contributed by atoms with Gasteiger partial charge in [-0.3, -0.25) is 4.79 Å². The van der Waals surface area contributed by atoms with E-state index in [1.165, 1.54) is 0 Å². The van der Waals surface area contributed by atoms with Crippen LogP contribution in [-0.2, 0) is 14.3 Å². The lowest BCUT2D eigenvalue weighted by atomic mass is 9.86. The minimum Gasteiger partial charge on any atom is -0.466 e. The zero-order valence-electron chi connectivity index (χ0n) is 11.0. The molecule has 0 spiro atoms. The molecule has 1 aliphatic heterocycles. The van der Waals surface area contributed by atoms with Crippen LogP contribution in [0.4, 0.5) is 0 Å². The summed E-state index contributed by atoms with van der Waals surface area (Å²) in [6, 6.07) is 0. The standard InChI is InChI=1S/C13H24O3/c1-5-9-15-11(14)10-13(4)8-6-7-12(2,3)16-13/h5-10H2,1-4H3. The van der Waals surface area contributed by atoms with Crippen LogP contribution in [0.1, 0.15) is 59.8 Å². The molecule has 16 heavy (non-hydrogen) atoms. The molecule has 0 bridgehead atoms. The summed E-state index contributed by atoms with van der Waals surface area (Å²) in [5, 5.41) is 0. The second-order valence-corrected chi connectivity index (χ2v) is 5.56. The maximum Gasteiger partial charge on any atom is 0.308 e. The molecule has 1 unspecified atom stereocenters. The van der Waals surface area contributed by atoms with Gasteiger partial charge in [-0.25, -0.2) is 0 Å². The molecule has 0 saturated carbocycles. The Morgan fingerprint density at radius 1 is 1.31 bits per heavy atom. The number of carbonyl (C=O) groups is 1. The maximum atomic E-state index is 11.6. The summed E-state index contributed by atoms with van der Waals surface area (Å²) >= 11 is 0. The second kappa shape index (κ2) is 5.17. The molecule has 94 valence electrons. The molecule has 0 aliphatic carbocycles. The lowest BCUT2D eigenvalue weighted by Gasteiger charge is -2.42. The largest absolute Gasteiger partial charge is 0.466 e. The minimum atomic E-state index is -0.341. The molecular weight excluding hydrogens is 204 g/mol. The van der Waals surface area contributed by atoms with E-state index >= 15 is 0 Å². The molecule has 1 saturated heterocycles. The number of hydrogen-bond acceptors (Lipinski definition) is 3. The van der Waals surface area contributed by atoms with Gasteiger partial charge in [0, 0.05) is 0 Å². The van der Waals surface area contributed by atoms with Crippen LogP contribution in [-0.4, -0.2) is 23.8 Å². The monoisotopic (exact) mass is 228 g/mol. The van der Waals surface area contributed by atoms with Crippen molar-refractivity contribution < 1.29 is 14.3 Å². The molecule has 1 rings (SSSR count). The predicted molar refractivity (Wildman–Crippen MR) is 63.3 cm³/mol. The van der Waals surface area contributed by atoms with Crippen LogP contribution in [0.5, 0.6) is 0 Å². The maximum absolute atomic E-state index is 11.6. The van der Waals surface area contributed by atoms with Crippen molar-refractivity contribution in [1.82, 2.24) is 0 Å². The molecular formula is C13H24O3. The summed E-state index contributed by atoms with van der Waals surface area (Å²) in [4.78, 5) is 11.6. The van der Waals surface area contributed by atoms with Crippen molar-refractivity contribution in [3.63, 3.8) is 0 Å². The highest BCUT2D eigenvalue weighted by Crippen LogP contribution is 2.37. The summed E-state index contributed by atoms with van der Waals surface area (Å²) < 4.78 is 11.1. The molecule has 0 aromatic heterocycles. The summed E-state index contributed by atoms with van der Waals surface area (Å²) in [7, 11) is 0. The fraction of sp³-hybridized carbons (Fsp3) is 0.923. The van der Waals surface area contributed by atoms with Crippen molar-refractivity contribution in [2.45, 2.75) is 71.0 Å². The van der Waals surface area contributed by atoms with Crippen molar-refractivity contribution in [3.8, 4) is 0 Å². The van der Waals surface area contributed by atoms with Crippen LogP contribution in [0.2, 0.25) is 0 Å². The first-order valence-corrected chi connectivity index (χ1v) is 6.23. The van der Waals surface area contributed by atoms with Crippen LogP contribution in [0, 0.1) is 0 Å². The van der Waals surface area contributed by atoms with Gasteiger partial charge in [0.15, 0.2) is 0 Å². The Kier molecular flexibility index (Phi) is 4.36. The van der Waals surface area contributed by atoms with Gasteiger partial charge in [-0.1, -0.05) is 6.92 Å². The van der Waals surface area contributed by atoms with Crippen LogP contribution in [0.15, 0.2) is 0 Å². The molecule has 1 aliphatic rings. The summed E-state index contributed by atoms with van der Waals surface area (Å²) in [5.41, 5.74) is -0.454. The van der Waals surface area contributed by atoms with Gasteiger partial charge in [-0.2, -0.15) is 0 Å². The molecule has 0 aromatic rings. The van der Waals surface area contributed by atoms with E-state index in [1.54, 1.807) is 0 Å². The zero-order valence-corrected chi connectivity index (χ0v) is 11.0. The van der Waals surface area contributed by atoms with E-state index in [0.717, 1.165) is 25.7 Å². The lowest BCUT2D eigenvalue weighted by molar-refractivity contribution is -0.181. The molecule has 0 aromatic carbocycles. The van der Waals surface area contributed by atoms with Gasteiger partial charge in [0.1, 0.15) is 0 Å². The Morgan fingerprint density at radius 3 is 2.56 bits per heavy atom. The van der Waals surface area contributed by atoms with E-state index in [1.807, 2.05) is 13.8 Å². The Balaban J connectivity index is 2.47. The van der Waals surface area contributed by atoms with Gasteiger partial charge in [-0.15, -0.1) is 0 Å². The van der Waals surface area contributed by atoms with Gasteiger partial charge >= 0.3 is 5.97 Å². The molecule has 1 fully saturated rings. The van der Waals surface area contributed by atoms with Crippen LogP contribution >= 0.6 is 0 Å². The number of rotatable bonds is 4. The van der Waals surface area contributed by atoms with Crippen molar-refractivity contribution >= 4 is 5.97 Å². The first-order valence-electron chi connectivity index (χ1n) is 6.23. The molecule has 1 atom stereocenters. The Hall–Kier alpha value is -0.570. The Morgan fingerprint density at radius 2 is 2.00 bits per heavy atom. The van der Waals surface area contributed by atoms with Crippen LogP contribution < -0.4 is 0 Å². The van der Waals surface area contributed by atoms with E-state index in [-0.39, 0.29) is 17.2 Å². The highest BCUT2D eigenvalue weighted by Gasteiger charge is 2.39. The zero-order chi connectivity index (χ0) is 12.2.